The van der Waals surface area contributed by atoms with E-state index in [-0.39, 0.29) is 0 Å². The van der Waals surface area contributed by atoms with Crippen LogP contribution in [0.3, 0.4) is 0 Å². The summed E-state index contributed by atoms with van der Waals surface area (Å²) >= 11 is 0. The fourth-order valence-electron chi connectivity index (χ4n) is 2.61. The second kappa shape index (κ2) is 7.57. The molecule has 0 radical (unpaired) electrons. The van der Waals surface area contributed by atoms with Gasteiger partial charge in [-0.2, -0.15) is 0 Å². The molecule has 1 aliphatic rings. The van der Waals surface area contributed by atoms with Crippen LogP contribution in [-0.2, 0) is 16.6 Å². The molecule has 124 valence electrons. The van der Waals surface area contributed by atoms with E-state index in [1.54, 1.807) is 0 Å². The van der Waals surface area contributed by atoms with E-state index < -0.39 is 10.0 Å². The molecule has 1 fully saturated rings. The van der Waals surface area contributed by atoms with Crippen LogP contribution < -0.4 is 4.72 Å². The number of hydrogen-bond acceptors (Lipinski definition) is 3. The Labute approximate surface area is 135 Å². The first-order chi connectivity index (χ1) is 10.3. The Morgan fingerprint density at radius 3 is 2.36 bits per heavy atom. The van der Waals surface area contributed by atoms with Crippen molar-refractivity contribution in [1.29, 1.82) is 0 Å². The second-order valence-corrected chi connectivity index (χ2v) is 8.45. The summed E-state index contributed by atoms with van der Waals surface area (Å²) in [4.78, 5) is 2.48. The lowest BCUT2D eigenvalue weighted by molar-refractivity contribution is 0.252. The maximum atomic E-state index is 11.1. The lowest BCUT2D eigenvalue weighted by Gasteiger charge is -2.22. The number of rotatable bonds is 9. The van der Waals surface area contributed by atoms with Crippen molar-refractivity contribution in [3.63, 3.8) is 0 Å². The molecule has 0 aliphatic heterocycles. The maximum absolute atomic E-state index is 11.1. The topological polar surface area (TPSA) is 49.4 Å². The smallest absolute Gasteiger partial charge is 0.208 e. The number of nitrogens with one attached hydrogen (secondary N) is 1. The molecule has 0 spiro atoms. The van der Waals surface area contributed by atoms with Crippen molar-refractivity contribution in [3.05, 3.63) is 35.4 Å². The number of hydrogen-bond donors (Lipinski definition) is 1. The number of nitrogens with zero attached hydrogens (tertiary/aromatic N) is 1. The first kappa shape index (κ1) is 17.4. The van der Waals surface area contributed by atoms with E-state index in [0.29, 0.717) is 18.5 Å². The van der Waals surface area contributed by atoms with E-state index in [1.165, 1.54) is 30.2 Å². The largest absolute Gasteiger partial charge is 0.296 e. The molecule has 0 atom stereocenters. The standard InChI is InChI=1S/C17H28N2O2S/c1-14(2)16-7-5-15(6-8-16)13-19(17-9-10-17)12-4-11-18-22(3,20)21/h5-8,14,17-18H,4,9-13H2,1-3H3. The van der Waals surface area contributed by atoms with Crippen LogP contribution in [0.1, 0.15) is 50.2 Å². The Morgan fingerprint density at radius 1 is 1.23 bits per heavy atom. The Kier molecular flexibility index (Phi) is 6.01. The van der Waals surface area contributed by atoms with E-state index in [2.05, 4.69) is 47.7 Å². The summed E-state index contributed by atoms with van der Waals surface area (Å²) in [6.45, 7) is 6.84. The summed E-state index contributed by atoms with van der Waals surface area (Å²) in [6, 6.07) is 9.56. The highest BCUT2D eigenvalue weighted by Gasteiger charge is 2.28. The molecular weight excluding hydrogens is 296 g/mol. The third kappa shape index (κ3) is 6.07. The maximum Gasteiger partial charge on any atom is 0.208 e. The van der Waals surface area contributed by atoms with Gasteiger partial charge in [0.2, 0.25) is 10.0 Å². The molecule has 0 bridgehead atoms. The number of benzene rings is 1. The zero-order valence-corrected chi connectivity index (χ0v) is 14.7. The van der Waals surface area contributed by atoms with E-state index in [4.69, 9.17) is 0 Å². The fourth-order valence-corrected chi connectivity index (χ4v) is 3.13. The summed E-state index contributed by atoms with van der Waals surface area (Å²) in [5.74, 6) is 0.565. The molecule has 1 aliphatic carbocycles. The Balaban J connectivity index is 1.84. The third-order valence-corrected chi connectivity index (χ3v) is 4.81. The van der Waals surface area contributed by atoms with Crippen LogP contribution in [0.2, 0.25) is 0 Å². The fraction of sp³-hybridized carbons (Fsp3) is 0.647. The van der Waals surface area contributed by atoms with Gasteiger partial charge in [-0.3, -0.25) is 4.90 Å². The monoisotopic (exact) mass is 324 g/mol. The number of sulfonamides is 1. The van der Waals surface area contributed by atoms with Crippen LogP contribution in [0.5, 0.6) is 0 Å². The normalized spacial score (nSPS) is 15.7. The van der Waals surface area contributed by atoms with E-state index in [0.717, 1.165) is 19.5 Å². The van der Waals surface area contributed by atoms with E-state index >= 15 is 0 Å². The van der Waals surface area contributed by atoms with Gasteiger partial charge in [0.05, 0.1) is 6.26 Å². The molecule has 4 nitrogen and oxygen atoms in total. The molecule has 0 saturated heterocycles. The molecule has 0 unspecified atom stereocenters. The SMILES string of the molecule is CC(C)c1ccc(CN(CCCNS(C)(=O)=O)C2CC2)cc1. The summed E-state index contributed by atoms with van der Waals surface area (Å²) in [5, 5.41) is 0. The molecule has 1 aromatic carbocycles. The van der Waals surface area contributed by atoms with Crippen molar-refractivity contribution in [2.75, 3.05) is 19.3 Å². The summed E-state index contributed by atoms with van der Waals surface area (Å²) in [6.07, 6.45) is 4.60. The van der Waals surface area contributed by atoms with Crippen LogP contribution in [-0.4, -0.2) is 38.7 Å². The van der Waals surface area contributed by atoms with Gasteiger partial charge in [-0.1, -0.05) is 38.1 Å². The van der Waals surface area contributed by atoms with E-state index in [1.807, 2.05) is 0 Å². The molecule has 0 aromatic heterocycles. The van der Waals surface area contributed by atoms with Gasteiger partial charge in [0.15, 0.2) is 0 Å². The van der Waals surface area contributed by atoms with Crippen LogP contribution in [0.4, 0.5) is 0 Å². The molecule has 1 saturated carbocycles. The first-order valence-corrected chi connectivity index (χ1v) is 10.0. The minimum Gasteiger partial charge on any atom is -0.296 e. The van der Waals surface area contributed by atoms with Gasteiger partial charge in [0.1, 0.15) is 0 Å². The molecule has 0 amide bonds. The van der Waals surface area contributed by atoms with Crippen LogP contribution in [0.25, 0.3) is 0 Å². The minimum atomic E-state index is -3.07. The second-order valence-electron chi connectivity index (χ2n) is 6.62. The molecule has 5 heteroatoms. The summed E-state index contributed by atoms with van der Waals surface area (Å²) in [7, 11) is -3.07. The van der Waals surface area contributed by atoms with Gasteiger partial charge in [0.25, 0.3) is 0 Å². The average molecular weight is 324 g/mol. The molecule has 2 rings (SSSR count). The molecule has 0 heterocycles. The van der Waals surface area contributed by atoms with Gasteiger partial charge < -0.3 is 0 Å². The van der Waals surface area contributed by atoms with Crippen LogP contribution in [0.15, 0.2) is 24.3 Å². The third-order valence-electron chi connectivity index (χ3n) is 4.08. The summed E-state index contributed by atoms with van der Waals surface area (Å²) in [5.41, 5.74) is 2.71. The predicted molar refractivity (Wildman–Crippen MR) is 91.4 cm³/mol. The highest BCUT2D eigenvalue weighted by molar-refractivity contribution is 7.88. The highest BCUT2D eigenvalue weighted by atomic mass is 32.2. The van der Waals surface area contributed by atoms with Crippen molar-refractivity contribution < 1.29 is 8.42 Å². The zero-order chi connectivity index (χ0) is 16.2. The van der Waals surface area contributed by atoms with Gasteiger partial charge >= 0.3 is 0 Å². The van der Waals surface area contributed by atoms with Gasteiger partial charge in [-0.25, -0.2) is 13.1 Å². The first-order valence-electron chi connectivity index (χ1n) is 8.12. The molecule has 22 heavy (non-hydrogen) atoms. The van der Waals surface area contributed by atoms with Gasteiger partial charge in [-0.05, 0) is 36.3 Å². The minimum absolute atomic E-state index is 0.522. The van der Waals surface area contributed by atoms with Crippen molar-refractivity contribution in [1.82, 2.24) is 9.62 Å². The van der Waals surface area contributed by atoms with Crippen LogP contribution in [0, 0.1) is 0 Å². The molecular formula is C17H28N2O2S. The van der Waals surface area contributed by atoms with Crippen molar-refractivity contribution in [3.8, 4) is 0 Å². The van der Waals surface area contributed by atoms with E-state index in [9.17, 15) is 8.42 Å². The predicted octanol–water partition coefficient (Wildman–Crippen LogP) is 2.71. The Bertz CT molecular complexity index is 563. The average Bonchev–Trinajstić information content (AvgIpc) is 3.26. The Hall–Kier alpha value is -0.910. The van der Waals surface area contributed by atoms with Crippen molar-refractivity contribution in [2.24, 2.45) is 0 Å². The van der Waals surface area contributed by atoms with Gasteiger partial charge in [0, 0.05) is 25.7 Å². The molecule has 1 N–H and O–H groups in total. The summed E-state index contributed by atoms with van der Waals surface area (Å²) < 4.78 is 24.7. The lowest BCUT2D eigenvalue weighted by Crippen LogP contribution is -2.30. The highest BCUT2D eigenvalue weighted by Crippen LogP contribution is 2.28. The quantitative estimate of drug-likeness (QED) is 0.711. The zero-order valence-electron chi connectivity index (χ0n) is 13.9. The van der Waals surface area contributed by atoms with Crippen molar-refractivity contribution >= 4 is 10.0 Å². The lowest BCUT2D eigenvalue weighted by atomic mass is 10.0. The van der Waals surface area contributed by atoms with Gasteiger partial charge in [-0.15, -0.1) is 0 Å². The Morgan fingerprint density at radius 2 is 1.86 bits per heavy atom. The molecule has 1 aromatic rings. The van der Waals surface area contributed by atoms with Crippen molar-refractivity contribution in [2.45, 2.75) is 51.6 Å². The van der Waals surface area contributed by atoms with Crippen LogP contribution >= 0.6 is 0 Å².